The Morgan fingerprint density at radius 2 is 1.84 bits per heavy atom. The maximum absolute atomic E-state index is 11.7. The van der Waals surface area contributed by atoms with Gasteiger partial charge in [-0.1, -0.05) is 30.1 Å². The molecule has 132 valence electrons. The van der Waals surface area contributed by atoms with Gasteiger partial charge in [0, 0.05) is 28.8 Å². The smallest absolute Gasteiger partial charge is 0.351 e. The first kappa shape index (κ1) is 17.7. The van der Waals surface area contributed by atoms with Gasteiger partial charge in [-0.15, -0.1) is 0 Å². The molecule has 0 bridgehead atoms. The molecule has 0 atom stereocenters. The van der Waals surface area contributed by atoms with Gasteiger partial charge in [-0.2, -0.15) is 0 Å². The number of hydrogen-bond acceptors (Lipinski definition) is 6. The van der Waals surface area contributed by atoms with E-state index in [1.807, 2.05) is 4.90 Å². The van der Waals surface area contributed by atoms with E-state index in [2.05, 4.69) is 22.2 Å². The first-order valence-corrected chi connectivity index (χ1v) is 8.67. The summed E-state index contributed by atoms with van der Waals surface area (Å²) in [5.41, 5.74) is 0.380. The Morgan fingerprint density at radius 3 is 2.44 bits per heavy atom. The van der Waals surface area contributed by atoms with E-state index in [1.165, 1.54) is 6.33 Å². The summed E-state index contributed by atoms with van der Waals surface area (Å²) in [7, 11) is 0. The number of halogens is 2. The zero-order valence-corrected chi connectivity index (χ0v) is 15.1. The first-order chi connectivity index (χ1) is 11.9. The molecule has 2 aromatic rings. The minimum Gasteiger partial charge on any atom is -0.351 e. The molecule has 7 nitrogen and oxygen atoms in total. The number of rotatable bonds is 4. The van der Waals surface area contributed by atoms with Crippen LogP contribution in [0.2, 0.25) is 10.0 Å². The molecule has 1 aliphatic rings. The Balaban J connectivity index is 1.96. The van der Waals surface area contributed by atoms with Crippen molar-refractivity contribution in [2.45, 2.75) is 19.8 Å². The van der Waals surface area contributed by atoms with E-state index in [1.54, 1.807) is 18.2 Å². The predicted molar refractivity (Wildman–Crippen MR) is 99.0 cm³/mol. The number of benzene rings is 1. The summed E-state index contributed by atoms with van der Waals surface area (Å²) >= 11 is 12.0. The van der Waals surface area contributed by atoms with E-state index in [0.29, 0.717) is 27.5 Å². The van der Waals surface area contributed by atoms with E-state index in [9.17, 15) is 10.1 Å². The maximum Gasteiger partial charge on any atom is 0.353 e. The average Bonchev–Trinajstić information content (AvgIpc) is 2.54. The molecule has 25 heavy (non-hydrogen) atoms. The first-order valence-electron chi connectivity index (χ1n) is 7.91. The lowest BCUT2D eigenvalue weighted by Gasteiger charge is -2.30. The van der Waals surface area contributed by atoms with Crippen LogP contribution in [0.4, 0.5) is 23.0 Å². The van der Waals surface area contributed by atoms with Crippen molar-refractivity contribution in [3.05, 3.63) is 44.7 Å². The lowest BCUT2D eigenvalue weighted by molar-refractivity contribution is -0.383. The van der Waals surface area contributed by atoms with Crippen LogP contribution in [0.25, 0.3) is 0 Å². The molecule has 0 radical (unpaired) electrons. The van der Waals surface area contributed by atoms with E-state index in [0.717, 1.165) is 25.9 Å². The van der Waals surface area contributed by atoms with E-state index >= 15 is 0 Å². The SMILES string of the molecule is CC1CCN(c2ncnc(Nc3cc(Cl)cc(Cl)c3)c2[N+](=O)[O-])CC1. The Kier molecular flexibility index (Phi) is 5.24. The van der Waals surface area contributed by atoms with Crippen molar-refractivity contribution in [2.24, 2.45) is 5.92 Å². The molecule has 1 saturated heterocycles. The third-order valence-corrected chi connectivity index (χ3v) is 4.63. The van der Waals surface area contributed by atoms with Crippen LogP contribution >= 0.6 is 23.2 Å². The van der Waals surface area contributed by atoms with Gasteiger partial charge in [-0.05, 0) is 37.0 Å². The highest BCUT2D eigenvalue weighted by molar-refractivity contribution is 6.35. The Hall–Kier alpha value is -2.12. The van der Waals surface area contributed by atoms with Crippen LogP contribution < -0.4 is 10.2 Å². The quantitative estimate of drug-likeness (QED) is 0.611. The number of anilines is 3. The second-order valence-electron chi connectivity index (χ2n) is 6.10. The monoisotopic (exact) mass is 381 g/mol. The fraction of sp³-hybridized carbons (Fsp3) is 0.375. The third kappa shape index (κ3) is 4.11. The summed E-state index contributed by atoms with van der Waals surface area (Å²) in [6.07, 6.45) is 3.29. The van der Waals surface area contributed by atoms with Crippen LogP contribution in [0.5, 0.6) is 0 Å². The van der Waals surface area contributed by atoms with Gasteiger partial charge in [0.2, 0.25) is 11.6 Å². The molecule has 1 aliphatic heterocycles. The van der Waals surface area contributed by atoms with Crippen LogP contribution in [-0.2, 0) is 0 Å². The molecule has 0 aliphatic carbocycles. The third-order valence-electron chi connectivity index (χ3n) is 4.19. The standard InChI is InChI=1S/C16H17Cl2N5O2/c1-10-2-4-22(5-3-10)16-14(23(24)25)15(19-9-20-16)21-13-7-11(17)6-12(18)8-13/h6-10H,2-5H2,1H3,(H,19,20,21). The molecule has 2 heterocycles. The number of nitrogens with one attached hydrogen (secondary N) is 1. The van der Waals surface area contributed by atoms with Crippen molar-refractivity contribution >= 4 is 46.2 Å². The Labute approximate surface area is 155 Å². The molecule has 3 rings (SSSR count). The van der Waals surface area contributed by atoms with Crippen molar-refractivity contribution < 1.29 is 4.92 Å². The minimum atomic E-state index is -0.456. The molecular formula is C16H17Cl2N5O2. The summed E-state index contributed by atoms with van der Waals surface area (Å²) in [5, 5.41) is 15.5. The lowest BCUT2D eigenvalue weighted by Crippen LogP contribution is -2.34. The van der Waals surface area contributed by atoms with Gasteiger partial charge in [-0.25, -0.2) is 9.97 Å². The van der Waals surface area contributed by atoms with Gasteiger partial charge in [0.25, 0.3) is 0 Å². The topological polar surface area (TPSA) is 84.2 Å². The summed E-state index contributed by atoms with van der Waals surface area (Å²) in [4.78, 5) is 21.4. The van der Waals surface area contributed by atoms with Gasteiger partial charge < -0.3 is 10.2 Å². The van der Waals surface area contributed by atoms with Gasteiger partial charge in [0.15, 0.2) is 0 Å². The molecule has 0 amide bonds. The van der Waals surface area contributed by atoms with E-state index in [4.69, 9.17) is 23.2 Å². The summed E-state index contributed by atoms with van der Waals surface area (Å²) in [6, 6.07) is 4.84. The fourth-order valence-corrected chi connectivity index (χ4v) is 3.37. The van der Waals surface area contributed by atoms with Crippen molar-refractivity contribution in [3.63, 3.8) is 0 Å². The van der Waals surface area contributed by atoms with Crippen molar-refractivity contribution in [1.82, 2.24) is 9.97 Å². The molecule has 1 fully saturated rings. The molecule has 1 N–H and O–H groups in total. The highest BCUT2D eigenvalue weighted by Gasteiger charge is 2.29. The van der Waals surface area contributed by atoms with E-state index in [-0.39, 0.29) is 11.5 Å². The summed E-state index contributed by atoms with van der Waals surface area (Å²) in [6.45, 7) is 3.66. The highest BCUT2D eigenvalue weighted by Crippen LogP contribution is 2.36. The second-order valence-corrected chi connectivity index (χ2v) is 6.98. The number of nitro groups is 1. The number of piperidine rings is 1. The number of aromatic nitrogens is 2. The van der Waals surface area contributed by atoms with Gasteiger partial charge in [0.1, 0.15) is 6.33 Å². The zero-order valence-electron chi connectivity index (χ0n) is 13.6. The largest absolute Gasteiger partial charge is 0.353 e. The van der Waals surface area contributed by atoms with Crippen molar-refractivity contribution in [3.8, 4) is 0 Å². The average molecular weight is 382 g/mol. The van der Waals surface area contributed by atoms with Crippen LogP contribution in [0.15, 0.2) is 24.5 Å². The Bertz CT molecular complexity index is 774. The zero-order chi connectivity index (χ0) is 18.0. The van der Waals surface area contributed by atoms with Crippen LogP contribution in [0.1, 0.15) is 19.8 Å². The molecule has 1 aromatic carbocycles. The summed E-state index contributed by atoms with van der Waals surface area (Å²) in [5.74, 6) is 1.07. The van der Waals surface area contributed by atoms with Crippen LogP contribution in [0.3, 0.4) is 0 Å². The molecular weight excluding hydrogens is 365 g/mol. The van der Waals surface area contributed by atoms with Crippen molar-refractivity contribution in [2.75, 3.05) is 23.3 Å². The predicted octanol–water partition coefficient (Wildman–Crippen LogP) is 4.67. The lowest BCUT2D eigenvalue weighted by atomic mass is 9.99. The second kappa shape index (κ2) is 7.41. The normalized spacial score (nSPS) is 15.2. The molecule has 0 unspecified atom stereocenters. The Morgan fingerprint density at radius 1 is 1.20 bits per heavy atom. The molecule has 9 heteroatoms. The minimum absolute atomic E-state index is 0.118. The number of nitrogens with zero attached hydrogens (tertiary/aromatic N) is 4. The molecule has 0 spiro atoms. The number of hydrogen-bond donors (Lipinski definition) is 1. The van der Waals surface area contributed by atoms with E-state index < -0.39 is 4.92 Å². The highest BCUT2D eigenvalue weighted by atomic mass is 35.5. The van der Waals surface area contributed by atoms with Crippen molar-refractivity contribution in [1.29, 1.82) is 0 Å². The molecule has 1 aromatic heterocycles. The van der Waals surface area contributed by atoms with Crippen LogP contribution in [0, 0.1) is 16.0 Å². The van der Waals surface area contributed by atoms with Gasteiger partial charge >= 0.3 is 5.69 Å². The molecule has 0 saturated carbocycles. The van der Waals surface area contributed by atoms with Gasteiger partial charge in [0.05, 0.1) is 4.92 Å². The van der Waals surface area contributed by atoms with Gasteiger partial charge in [-0.3, -0.25) is 10.1 Å². The van der Waals surface area contributed by atoms with Crippen LogP contribution in [-0.4, -0.2) is 28.0 Å². The fourth-order valence-electron chi connectivity index (χ4n) is 2.84. The summed E-state index contributed by atoms with van der Waals surface area (Å²) < 4.78 is 0. The maximum atomic E-state index is 11.7.